The van der Waals surface area contributed by atoms with Gasteiger partial charge in [0.15, 0.2) is 0 Å². The van der Waals surface area contributed by atoms with Gasteiger partial charge in [-0.1, -0.05) is 12.8 Å². The van der Waals surface area contributed by atoms with Crippen molar-refractivity contribution in [3.05, 3.63) is 16.6 Å². The largest absolute Gasteiger partial charge is 0.325 e. The highest BCUT2D eigenvalue weighted by atomic mass is 32.1. The number of nitrogens with two attached hydrogens (primary N) is 1. The van der Waals surface area contributed by atoms with E-state index in [1.807, 2.05) is 11.6 Å². The molecule has 2 rings (SSSR count). The average Bonchev–Trinajstić information content (AvgIpc) is 2.84. The molecule has 0 bridgehead atoms. The summed E-state index contributed by atoms with van der Waals surface area (Å²) in [5.41, 5.74) is 6.39. The Morgan fingerprint density at radius 3 is 2.93 bits per heavy atom. The van der Waals surface area contributed by atoms with Gasteiger partial charge in [-0.25, -0.2) is 4.98 Å². The van der Waals surface area contributed by atoms with E-state index in [1.165, 1.54) is 25.7 Å². The molecule has 0 amide bonds. The number of rotatable bonds is 5. The van der Waals surface area contributed by atoms with Crippen LogP contribution in [0.3, 0.4) is 0 Å². The number of aromatic nitrogens is 1. The molecule has 3 nitrogen and oxygen atoms in total. The van der Waals surface area contributed by atoms with Crippen LogP contribution in [0.25, 0.3) is 0 Å². The molecule has 0 saturated heterocycles. The van der Waals surface area contributed by atoms with Crippen molar-refractivity contribution in [2.75, 3.05) is 6.54 Å². The lowest BCUT2D eigenvalue weighted by atomic mass is 9.95. The topological polar surface area (TPSA) is 50.9 Å². The summed E-state index contributed by atoms with van der Waals surface area (Å²) in [6, 6.07) is 0. The molecular formula is C11H19N3S. The fourth-order valence-electron chi connectivity index (χ4n) is 2.20. The Hall–Kier alpha value is -0.450. The van der Waals surface area contributed by atoms with Crippen molar-refractivity contribution in [1.82, 2.24) is 10.3 Å². The first-order chi connectivity index (χ1) is 7.29. The predicted molar refractivity (Wildman–Crippen MR) is 63.8 cm³/mol. The minimum atomic E-state index is 0.121. The lowest BCUT2D eigenvalue weighted by Gasteiger charge is -2.23. The zero-order valence-corrected chi connectivity index (χ0v) is 9.85. The van der Waals surface area contributed by atoms with E-state index >= 15 is 0 Å². The van der Waals surface area contributed by atoms with Crippen molar-refractivity contribution < 1.29 is 0 Å². The summed E-state index contributed by atoms with van der Waals surface area (Å²) in [6.45, 7) is 1.89. The highest BCUT2D eigenvalue weighted by Gasteiger charge is 2.28. The predicted octanol–water partition coefficient (Wildman–Crippen LogP) is 1.89. The monoisotopic (exact) mass is 225 g/mol. The molecule has 1 aromatic rings. The van der Waals surface area contributed by atoms with Gasteiger partial charge in [0.25, 0.3) is 0 Å². The van der Waals surface area contributed by atoms with Crippen molar-refractivity contribution in [2.24, 2.45) is 5.73 Å². The van der Waals surface area contributed by atoms with E-state index in [0.717, 1.165) is 24.5 Å². The molecule has 1 heterocycles. The molecule has 1 aliphatic rings. The van der Waals surface area contributed by atoms with Gasteiger partial charge in [0.05, 0.1) is 0 Å². The SMILES string of the molecule is NC1(CCNCc2nccs2)CCCC1. The standard InChI is InChI=1S/C11H19N3S/c12-11(3-1-2-4-11)5-6-13-9-10-14-7-8-15-10/h7-8,13H,1-6,9,12H2. The maximum Gasteiger partial charge on any atom is 0.106 e. The van der Waals surface area contributed by atoms with Crippen LogP contribution >= 0.6 is 11.3 Å². The normalized spacial score (nSPS) is 19.5. The average molecular weight is 225 g/mol. The third kappa shape index (κ3) is 3.26. The summed E-state index contributed by atoms with van der Waals surface area (Å²) in [4.78, 5) is 4.23. The zero-order chi connectivity index (χ0) is 10.6. The zero-order valence-electron chi connectivity index (χ0n) is 9.04. The lowest BCUT2D eigenvalue weighted by Crippen LogP contribution is -2.39. The van der Waals surface area contributed by atoms with Gasteiger partial charge in [-0.2, -0.15) is 0 Å². The number of nitrogens with one attached hydrogen (secondary N) is 1. The van der Waals surface area contributed by atoms with Gasteiger partial charge < -0.3 is 11.1 Å². The maximum atomic E-state index is 6.27. The van der Waals surface area contributed by atoms with Crippen molar-refractivity contribution in [3.63, 3.8) is 0 Å². The molecule has 0 spiro atoms. The van der Waals surface area contributed by atoms with Crippen molar-refractivity contribution >= 4 is 11.3 Å². The van der Waals surface area contributed by atoms with Gasteiger partial charge in [0.2, 0.25) is 0 Å². The van der Waals surface area contributed by atoms with E-state index in [9.17, 15) is 0 Å². The molecule has 1 fully saturated rings. The molecule has 15 heavy (non-hydrogen) atoms. The van der Waals surface area contributed by atoms with Crippen LogP contribution in [0, 0.1) is 0 Å². The van der Waals surface area contributed by atoms with Crippen LogP contribution in [0.2, 0.25) is 0 Å². The maximum absolute atomic E-state index is 6.27. The van der Waals surface area contributed by atoms with Crippen LogP contribution in [-0.4, -0.2) is 17.1 Å². The Labute approximate surface area is 95.1 Å². The van der Waals surface area contributed by atoms with Gasteiger partial charge in [-0.15, -0.1) is 11.3 Å². The first-order valence-corrected chi connectivity index (χ1v) is 6.54. The van der Waals surface area contributed by atoms with Crippen LogP contribution in [-0.2, 0) is 6.54 Å². The Morgan fingerprint density at radius 2 is 2.27 bits per heavy atom. The smallest absolute Gasteiger partial charge is 0.106 e. The van der Waals surface area contributed by atoms with E-state index in [2.05, 4.69) is 10.3 Å². The van der Waals surface area contributed by atoms with E-state index in [-0.39, 0.29) is 5.54 Å². The van der Waals surface area contributed by atoms with Crippen molar-refractivity contribution in [1.29, 1.82) is 0 Å². The number of nitrogens with zero attached hydrogens (tertiary/aromatic N) is 1. The molecule has 0 atom stereocenters. The molecule has 1 aromatic heterocycles. The molecule has 0 unspecified atom stereocenters. The van der Waals surface area contributed by atoms with E-state index in [4.69, 9.17) is 5.73 Å². The second-order valence-electron chi connectivity index (χ2n) is 4.42. The highest BCUT2D eigenvalue weighted by Crippen LogP contribution is 2.29. The van der Waals surface area contributed by atoms with Gasteiger partial charge in [-0.05, 0) is 25.8 Å². The fraction of sp³-hybridized carbons (Fsp3) is 0.727. The third-order valence-electron chi connectivity index (χ3n) is 3.16. The van der Waals surface area contributed by atoms with Gasteiger partial charge in [0, 0.05) is 23.7 Å². The molecule has 84 valence electrons. The molecule has 0 radical (unpaired) electrons. The van der Waals surface area contributed by atoms with Gasteiger partial charge in [0.1, 0.15) is 5.01 Å². The van der Waals surface area contributed by atoms with Crippen molar-refractivity contribution in [2.45, 2.75) is 44.2 Å². The summed E-state index contributed by atoms with van der Waals surface area (Å²) >= 11 is 1.70. The molecule has 0 aliphatic heterocycles. The summed E-state index contributed by atoms with van der Waals surface area (Å²) in [6.07, 6.45) is 7.96. The van der Waals surface area contributed by atoms with E-state index < -0.39 is 0 Å². The second-order valence-corrected chi connectivity index (χ2v) is 5.40. The fourth-order valence-corrected chi connectivity index (χ4v) is 2.79. The number of hydrogen-bond donors (Lipinski definition) is 2. The Balaban J connectivity index is 1.62. The minimum absolute atomic E-state index is 0.121. The molecule has 1 saturated carbocycles. The van der Waals surface area contributed by atoms with E-state index in [1.54, 1.807) is 11.3 Å². The second kappa shape index (κ2) is 5.05. The Bertz CT molecular complexity index is 278. The van der Waals surface area contributed by atoms with Crippen LogP contribution < -0.4 is 11.1 Å². The summed E-state index contributed by atoms with van der Waals surface area (Å²) < 4.78 is 0. The summed E-state index contributed by atoms with van der Waals surface area (Å²) in [7, 11) is 0. The van der Waals surface area contributed by atoms with Crippen molar-refractivity contribution in [3.8, 4) is 0 Å². The lowest BCUT2D eigenvalue weighted by molar-refractivity contribution is 0.393. The van der Waals surface area contributed by atoms with Crippen LogP contribution in [0.5, 0.6) is 0 Å². The highest BCUT2D eigenvalue weighted by molar-refractivity contribution is 7.09. The molecule has 3 N–H and O–H groups in total. The van der Waals surface area contributed by atoms with Gasteiger partial charge >= 0.3 is 0 Å². The summed E-state index contributed by atoms with van der Waals surface area (Å²) in [5, 5.41) is 6.58. The minimum Gasteiger partial charge on any atom is -0.325 e. The summed E-state index contributed by atoms with van der Waals surface area (Å²) in [5.74, 6) is 0. The first-order valence-electron chi connectivity index (χ1n) is 5.66. The quantitative estimate of drug-likeness (QED) is 0.752. The van der Waals surface area contributed by atoms with E-state index in [0.29, 0.717) is 0 Å². The Kier molecular flexibility index (Phi) is 3.72. The van der Waals surface area contributed by atoms with Crippen LogP contribution in [0.15, 0.2) is 11.6 Å². The number of hydrogen-bond acceptors (Lipinski definition) is 4. The molecular weight excluding hydrogens is 206 g/mol. The van der Waals surface area contributed by atoms with Gasteiger partial charge in [-0.3, -0.25) is 0 Å². The van der Waals surface area contributed by atoms with Crippen LogP contribution in [0.4, 0.5) is 0 Å². The third-order valence-corrected chi connectivity index (χ3v) is 3.94. The molecule has 0 aromatic carbocycles. The molecule has 4 heteroatoms. The Morgan fingerprint density at radius 1 is 1.47 bits per heavy atom. The van der Waals surface area contributed by atoms with Crippen LogP contribution in [0.1, 0.15) is 37.1 Å². The molecule has 1 aliphatic carbocycles. The first kappa shape index (κ1) is 11.0. The number of thiazole rings is 1.